The SMILES string of the molecule is CSc1c(C(=O)/C(=C/N(C)C)C(=O)C2CC2)ccc2c1OCO2. The van der Waals surface area contributed by atoms with E-state index in [1.165, 1.54) is 11.8 Å². The Morgan fingerprint density at radius 1 is 1.26 bits per heavy atom. The van der Waals surface area contributed by atoms with E-state index in [0.29, 0.717) is 17.1 Å². The quantitative estimate of drug-likeness (QED) is 0.262. The Bertz CT molecular complexity index is 692. The Labute approximate surface area is 139 Å². The first kappa shape index (κ1) is 15.9. The molecule has 0 radical (unpaired) electrons. The summed E-state index contributed by atoms with van der Waals surface area (Å²) in [7, 11) is 3.62. The van der Waals surface area contributed by atoms with Gasteiger partial charge in [0.05, 0.1) is 10.5 Å². The van der Waals surface area contributed by atoms with E-state index in [1.807, 2.05) is 20.4 Å². The topological polar surface area (TPSA) is 55.8 Å². The van der Waals surface area contributed by atoms with Gasteiger partial charge < -0.3 is 14.4 Å². The smallest absolute Gasteiger partial charge is 0.231 e. The van der Waals surface area contributed by atoms with Crippen molar-refractivity contribution in [3.63, 3.8) is 0 Å². The van der Waals surface area contributed by atoms with Gasteiger partial charge in [0.15, 0.2) is 23.1 Å². The summed E-state index contributed by atoms with van der Waals surface area (Å²) in [5, 5.41) is 0. The molecule has 0 N–H and O–H groups in total. The lowest BCUT2D eigenvalue weighted by atomic mass is 9.97. The second-order valence-corrected chi connectivity index (χ2v) is 6.67. The summed E-state index contributed by atoms with van der Waals surface area (Å²) in [4.78, 5) is 28.0. The van der Waals surface area contributed by atoms with Gasteiger partial charge in [-0.2, -0.15) is 0 Å². The van der Waals surface area contributed by atoms with Gasteiger partial charge in [-0.05, 0) is 31.2 Å². The number of benzene rings is 1. The first-order valence-electron chi connectivity index (χ1n) is 7.46. The number of carbonyl (C=O) groups is 2. The molecule has 122 valence electrons. The molecule has 1 aromatic rings. The van der Waals surface area contributed by atoms with Crippen LogP contribution in [-0.2, 0) is 4.79 Å². The van der Waals surface area contributed by atoms with Crippen LogP contribution in [0.5, 0.6) is 11.5 Å². The minimum Gasteiger partial charge on any atom is -0.454 e. The Kier molecular flexibility index (Phi) is 4.35. The Morgan fingerprint density at radius 2 is 2.00 bits per heavy atom. The molecule has 1 saturated carbocycles. The molecule has 1 aliphatic heterocycles. The largest absolute Gasteiger partial charge is 0.454 e. The monoisotopic (exact) mass is 333 g/mol. The molecule has 2 aliphatic rings. The average molecular weight is 333 g/mol. The van der Waals surface area contributed by atoms with Crippen molar-refractivity contribution in [1.29, 1.82) is 0 Å². The van der Waals surface area contributed by atoms with E-state index in [2.05, 4.69) is 0 Å². The first-order valence-corrected chi connectivity index (χ1v) is 8.69. The molecular weight excluding hydrogens is 314 g/mol. The maximum absolute atomic E-state index is 13.0. The van der Waals surface area contributed by atoms with Crippen LogP contribution in [0.1, 0.15) is 23.2 Å². The highest BCUT2D eigenvalue weighted by atomic mass is 32.2. The first-order chi connectivity index (χ1) is 11.0. The Balaban J connectivity index is 2.02. The summed E-state index contributed by atoms with van der Waals surface area (Å²) in [6.07, 6.45) is 5.24. The minimum atomic E-state index is -0.252. The zero-order valence-corrected chi connectivity index (χ0v) is 14.2. The highest BCUT2D eigenvalue weighted by Gasteiger charge is 2.36. The van der Waals surface area contributed by atoms with E-state index in [1.54, 1.807) is 23.2 Å². The molecule has 23 heavy (non-hydrogen) atoms. The maximum atomic E-state index is 13.0. The number of Topliss-reactive ketones (excluding diaryl/α,β-unsaturated/α-hetero) is 2. The Morgan fingerprint density at radius 3 is 2.61 bits per heavy atom. The van der Waals surface area contributed by atoms with Gasteiger partial charge in [-0.1, -0.05) is 0 Å². The van der Waals surface area contributed by atoms with Gasteiger partial charge in [0, 0.05) is 31.8 Å². The van der Waals surface area contributed by atoms with E-state index in [4.69, 9.17) is 9.47 Å². The van der Waals surface area contributed by atoms with Gasteiger partial charge in [0.1, 0.15) is 0 Å². The van der Waals surface area contributed by atoms with Gasteiger partial charge >= 0.3 is 0 Å². The van der Waals surface area contributed by atoms with Gasteiger partial charge in [0.25, 0.3) is 0 Å². The number of ketones is 2. The Hall–Kier alpha value is -1.95. The van der Waals surface area contributed by atoms with Crippen LogP contribution >= 0.6 is 11.8 Å². The van der Waals surface area contributed by atoms with Crippen molar-refractivity contribution in [3.8, 4) is 11.5 Å². The molecule has 5 nitrogen and oxygen atoms in total. The third-order valence-electron chi connectivity index (χ3n) is 3.79. The van der Waals surface area contributed by atoms with Crippen LogP contribution in [0.4, 0.5) is 0 Å². The van der Waals surface area contributed by atoms with E-state index in [-0.39, 0.29) is 29.9 Å². The van der Waals surface area contributed by atoms with Crippen LogP contribution in [-0.4, -0.2) is 43.6 Å². The van der Waals surface area contributed by atoms with E-state index < -0.39 is 0 Å². The van der Waals surface area contributed by atoms with Crippen molar-refractivity contribution in [2.24, 2.45) is 5.92 Å². The number of ether oxygens (including phenoxy) is 2. The third kappa shape index (κ3) is 3.08. The minimum absolute atomic E-state index is 0.00288. The highest BCUT2D eigenvalue weighted by Crippen LogP contribution is 2.43. The molecule has 0 unspecified atom stereocenters. The van der Waals surface area contributed by atoms with Crippen molar-refractivity contribution < 1.29 is 19.1 Å². The fourth-order valence-corrected chi connectivity index (χ4v) is 3.26. The van der Waals surface area contributed by atoms with E-state index >= 15 is 0 Å². The van der Waals surface area contributed by atoms with Gasteiger partial charge in [0.2, 0.25) is 6.79 Å². The normalized spacial score (nSPS) is 16.4. The van der Waals surface area contributed by atoms with Crippen molar-refractivity contribution in [1.82, 2.24) is 4.90 Å². The zero-order chi connectivity index (χ0) is 16.6. The predicted octanol–water partition coefficient (Wildman–Crippen LogP) is 2.74. The standard InChI is InChI=1S/C17H19NO4S/c1-18(2)8-12(14(19)10-4-5-10)15(20)11-6-7-13-16(17(11)23-3)22-9-21-13/h6-8,10H,4-5,9H2,1-3H3/b12-8+. The number of nitrogens with zero attached hydrogens (tertiary/aromatic N) is 1. The zero-order valence-electron chi connectivity index (χ0n) is 13.4. The third-order valence-corrected chi connectivity index (χ3v) is 4.60. The van der Waals surface area contributed by atoms with Crippen LogP contribution < -0.4 is 9.47 Å². The molecule has 6 heteroatoms. The molecule has 3 rings (SSSR count). The number of thioether (sulfide) groups is 1. The van der Waals surface area contributed by atoms with Crippen LogP contribution in [0.2, 0.25) is 0 Å². The summed E-state index contributed by atoms with van der Waals surface area (Å²) in [5.74, 6) is 0.910. The number of hydrogen-bond donors (Lipinski definition) is 0. The second kappa shape index (κ2) is 6.28. The predicted molar refractivity (Wildman–Crippen MR) is 88.2 cm³/mol. The van der Waals surface area contributed by atoms with Crippen LogP contribution in [0.25, 0.3) is 0 Å². The highest BCUT2D eigenvalue weighted by molar-refractivity contribution is 7.98. The average Bonchev–Trinajstić information content (AvgIpc) is 3.27. The van der Waals surface area contributed by atoms with Crippen molar-refractivity contribution in [2.45, 2.75) is 17.7 Å². The fraction of sp³-hybridized carbons (Fsp3) is 0.412. The second-order valence-electron chi connectivity index (χ2n) is 5.85. The lowest BCUT2D eigenvalue weighted by Gasteiger charge is -2.13. The number of hydrogen-bond acceptors (Lipinski definition) is 6. The van der Waals surface area contributed by atoms with Crippen LogP contribution in [0.3, 0.4) is 0 Å². The summed E-state index contributed by atoms with van der Waals surface area (Å²) in [5.41, 5.74) is 0.732. The summed E-state index contributed by atoms with van der Waals surface area (Å²) in [6.45, 7) is 0.155. The maximum Gasteiger partial charge on any atom is 0.231 e. The van der Waals surface area contributed by atoms with Gasteiger partial charge in [-0.15, -0.1) is 11.8 Å². The molecule has 1 fully saturated rings. The summed E-state index contributed by atoms with van der Waals surface area (Å²) < 4.78 is 10.8. The molecule has 1 aliphatic carbocycles. The van der Waals surface area contributed by atoms with Gasteiger partial charge in [-0.3, -0.25) is 9.59 Å². The van der Waals surface area contributed by atoms with E-state index in [9.17, 15) is 9.59 Å². The van der Waals surface area contributed by atoms with Crippen molar-refractivity contribution in [3.05, 3.63) is 29.5 Å². The number of allylic oxidation sites excluding steroid dienone is 1. The molecule has 1 heterocycles. The molecule has 0 saturated heterocycles. The summed E-state index contributed by atoms with van der Waals surface area (Å²) >= 11 is 1.42. The molecule has 0 aromatic heterocycles. The molecule has 0 atom stereocenters. The number of carbonyl (C=O) groups excluding carboxylic acids is 2. The number of fused-ring (bicyclic) bond motifs is 1. The van der Waals surface area contributed by atoms with E-state index in [0.717, 1.165) is 17.7 Å². The molecule has 0 bridgehead atoms. The lowest BCUT2D eigenvalue weighted by molar-refractivity contribution is -0.116. The van der Waals surface area contributed by atoms with Crippen molar-refractivity contribution >= 4 is 23.3 Å². The molecule has 0 spiro atoms. The fourth-order valence-electron chi connectivity index (χ4n) is 2.53. The lowest BCUT2D eigenvalue weighted by Crippen LogP contribution is -2.19. The van der Waals surface area contributed by atoms with Crippen LogP contribution in [0.15, 0.2) is 28.8 Å². The molecule has 0 amide bonds. The van der Waals surface area contributed by atoms with Crippen molar-refractivity contribution in [2.75, 3.05) is 27.1 Å². The van der Waals surface area contributed by atoms with Crippen LogP contribution in [0, 0.1) is 5.92 Å². The molecular formula is C17H19NO4S. The number of rotatable bonds is 6. The molecule has 1 aromatic carbocycles. The van der Waals surface area contributed by atoms with Gasteiger partial charge in [-0.25, -0.2) is 0 Å². The summed E-state index contributed by atoms with van der Waals surface area (Å²) in [6, 6.07) is 3.44.